The lowest BCUT2D eigenvalue weighted by molar-refractivity contribution is -0.129. The van der Waals surface area contributed by atoms with E-state index in [0.29, 0.717) is 6.54 Å². The van der Waals surface area contributed by atoms with E-state index in [1.54, 1.807) is 0 Å². The van der Waals surface area contributed by atoms with E-state index in [1.807, 2.05) is 37.3 Å². The van der Waals surface area contributed by atoms with Crippen LogP contribution in [0.4, 0.5) is 0 Å². The summed E-state index contributed by atoms with van der Waals surface area (Å²) in [5.41, 5.74) is 1.14. The Morgan fingerprint density at radius 1 is 1.04 bits per heavy atom. The molecule has 8 heteroatoms. The van der Waals surface area contributed by atoms with Crippen molar-refractivity contribution in [3.63, 3.8) is 0 Å². The number of esters is 1. The number of benzene rings is 2. The lowest BCUT2D eigenvalue weighted by Crippen LogP contribution is -2.37. The van der Waals surface area contributed by atoms with Gasteiger partial charge in [-0.15, -0.1) is 0 Å². The zero-order chi connectivity index (χ0) is 20.7. The van der Waals surface area contributed by atoms with E-state index in [1.165, 1.54) is 38.2 Å². The van der Waals surface area contributed by atoms with Crippen molar-refractivity contribution < 1.29 is 22.7 Å². The van der Waals surface area contributed by atoms with Gasteiger partial charge >= 0.3 is 5.97 Å². The van der Waals surface area contributed by atoms with Crippen LogP contribution in [0.2, 0.25) is 0 Å². The van der Waals surface area contributed by atoms with Crippen molar-refractivity contribution in [1.29, 1.82) is 0 Å². The topological polar surface area (TPSA) is 102 Å². The molecule has 0 saturated heterocycles. The van der Waals surface area contributed by atoms with E-state index >= 15 is 0 Å². The Hall–Kier alpha value is -2.71. The van der Waals surface area contributed by atoms with E-state index in [0.717, 1.165) is 5.56 Å². The molecule has 0 aliphatic rings. The predicted molar refractivity (Wildman–Crippen MR) is 105 cm³/mol. The number of sulfonamides is 1. The second-order valence-corrected chi connectivity index (χ2v) is 8.23. The summed E-state index contributed by atoms with van der Waals surface area (Å²) >= 11 is 0. The molecule has 28 heavy (non-hydrogen) atoms. The number of carbonyl (C=O) groups excluding carboxylic acids is 2. The molecule has 0 unspecified atom stereocenters. The quantitative estimate of drug-likeness (QED) is 0.656. The number of rotatable bonds is 8. The van der Waals surface area contributed by atoms with E-state index in [9.17, 15) is 18.0 Å². The molecule has 0 spiro atoms. The number of hydrogen-bond acceptors (Lipinski definition) is 5. The fraction of sp³-hybridized carbons (Fsp3) is 0.300. The van der Waals surface area contributed by atoms with E-state index in [4.69, 9.17) is 4.74 Å². The molecule has 2 atom stereocenters. The van der Waals surface area contributed by atoms with Gasteiger partial charge in [0.25, 0.3) is 5.91 Å². The van der Waals surface area contributed by atoms with Gasteiger partial charge in [0.1, 0.15) is 0 Å². The molecule has 0 aliphatic heterocycles. The summed E-state index contributed by atoms with van der Waals surface area (Å²) < 4.78 is 31.0. The Balaban J connectivity index is 1.95. The molecule has 2 rings (SSSR count). The van der Waals surface area contributed by atoms with Gasteiger partial charge in [-0.3, -0.25) is 4.79 Å². The second-order valence-electron chi connectivity index (χ2n) is 6.34. The van der Waals surface area contributed by atoms with Crippen LogP contribution in [0.1, 0.15) is 35.7 Å². The van der Waals surface area contributed by atoms with Gasteiger partial charge in [0.15, 0.2) is 6.10 Å². The first-order valence-electron chi connectivity index (χ1n) is 8.82. The molecule has 0 saturated carbocycles. The lowest BCUT2D eigenvalue weighted by Gasteiger charge is -2.17. The third-order valence-electron chi connectivity index (χ3n) is 4.25. The molecule has 0 aromatic heterocycles. The van der Waals surface area contributed by atoms with Gasteiger partial charge in [0.05, 0.1) is 10.5 Å². The number of nitrogens with one attached hydrogen (secondary N) is 2. The van der Waals surface area contributed by atoms with Crippen molar-refractivity contribution in [3.8, 4) is 0 Å². The molecule has 2 N–H and O–H groups in total. The SMILES string of the molecule is CNS(=O)(=O)c1cccc(C(=O)O[C@H](C)C(=O)NC[C@@H](C)c2ccccc2)c1. The highest BCUT2D eigenvalue weighted by Gasteiger charge is 2.21. The maximum absolute atomic E-state index is 12.3. The summed E-state index contributed by atoms with van der Waals surface area (Å²) in [5, 5.41) is 2.76. The second kappa shape index (κ2) is 9.48. The fourth-order valence-electron chi connectivity index (χ4n) is 2.49. The van der Waals surface area contributed by atoms with E-state index in [2.05, 4.69) is 10.0 Å². The van der Waals surface area contributed by atoms with Gasteiger partial charge in [-0.2, -0.15) is 0 Å². The van der Waals surface area contributed by atoms with Crippen LogP contribution in [0, 0.1) is 0 Å². The molecular formula is C20H24N2O5S. The minimum absolute atomic E-state index is 0.0497. The number of ether oxygens (including phenoxy) is 1. The maximum atomic E-state index is 12.3. The van der Waals surface area contributed by atoms with Crippen LogP contribution in [-0.2, 0) is 19.6 Å². The first kappa shape index (κ1) is 21.6. The Morgan fingerprint density at radius 3 is 2.36 bits per heavy atom. The van der Waals surface area contributed by atoms with Gasteiger partial charge in [0, 0.05) is 6.54 Å². The molecule has 7 nitrogen and oxygen atoms in total. The predicted octanol–water partition coefficient (Wildman–Crippen LogP) is 2.06. The van der Waals surface area contributed by atoms with Crippen molar-refractivity contribution in [2.24, 2.45) is 0 Å². The van der Waals surface area contributed by atoms with Crippen molar-refractivity contribution in [1.82, 2.24) is 10.0 Å². The van der Waals surface area contributed by atoms with E-state index < -0.39 is 28.0 Å². The van der Waals surface area contributed by atoms with Crippen molar-refractivity contribution in [2.75, 3.05) is 13.6 Å². The third kappa shape index (κ3) is 5.64. The third-order valence-corrected chi connectivity index (χ3v) is 5.66. The molecule has 0 heterocycles. The standard InChI is InChI=1S/C20H24N2O5S/c1-14(16-8-5-4-6-9-16)13-22-19(23)15(2)27-20(24)17-10-7-11-18(12-17)28(25,26)21-3/h4-12,14-15,21H,13H2,1-3H3,(H,22,23)/t14-,15-/m1/s1. The summed E-state index contributed by atoms with van der Waals surface area (Å²) in [6.07, 6.45) is -1.01. The number of hydrogen-bond donors (Lipinski definition) is 2. The Kier molecular flexibility index (Phi) is 7.31. The summed E-state index contributed by atoms with van der Waals surface area (Å²) in [6.45, 7) is 3.86. The lowest BCUT2D eigenvalue weighted by atomic mass is 10.0. The van der Waals surface area contributed by atoms with Crippen LogP contribution in [0.25, 0.3) is 0 Å². The molecule has 2 aromatic carbocycles. The van der Waals surface area contributed by atoms with Gasteiger partial charge in [-0.05, 0) is 43.7 Å². The van der Waals surface area contributed by atoms with Crippen LogP contribution in [0.15, 0.2) is 59.5 Å². The first-order chi connectivity index (χ1) is 13.2. The Bertz CT molecular complexity index is 929. The highest BCUT2D eigenvalue weighted by atomic mass is 32.2. The average Bonchev–Trinajstić information content (AvgIpc) is 2.72. The van der Waals surface area contributed by atoms with Crippen LogP contribution in [-0.4, -0.2) is 40.0 Å². The molecule has 0 aliphatic carbocycles. The van der Waals surface area contributed by atoms with Crippen molar-refractivity contribution >= 4 is 21.9 Å². The molecule has 2 aromatic rings. The van der Waals surface area contributed by atoms with Gasteiger partial charge in [-0.1, -0.05) is 43.3 Å². The largest absolute Gasteiger partial charge is 0.449 e. The summed E-state index contributed by atoms with van der Waals surface area (Å²) in [5.74, 6) is -1.08. The Morgan fingerprint density at radius 2 is 1.71 bits per heavy atom. The monoisotopic (exact) mass is 404 g/mol. The van der Waals surface area contributed by atoms with Crippen LogP contribution in [0.5, 0.6) is 0 Å². The maximum Gasteiger partial charge on any atom is 0.338 e. The first-order valence-corrected chi connectivity index (χ1v) is 10.3. The summed E-state index contributed by atoms with van der Waals surface area (Å²) in [6, 6.07) is 15.2. The average molecular weight is 404 g/mol. The van der Waals surface area contributed by atoms with Crippen molar-refractivity contribution in [2.45, 2.75) is 30.8 Å². The molecule has 0 fully saturated rings. The zero-order valence-corrected chi connectivity index (χ0v) is 16.8. The number of amides is 1. The van der Waals surface area contributed by atoms with Crippen LogP contribution >= 0.6 is 0 Å². The summed E-state index contributed by atoms with van der Waals surface area (Å²) in [4.78, 5) is 24.4. The highest BCUT2D eigenvalue weighted by Crippen LogP contribution is 2.14. The molecule has 1 amide bonds. The molecule has 150 valence electrons. The molecule has 0 radical (unpaired) electrons. The van der Waals surface area contributed by atoms with Crippen molar-refractivity contribution in [3.05, 3.63) is 65.7 Å². The van der Waals surface area contributed by atoms with Gasteiger partial charge < -0.3 is 10.1 Å². The molecule has 0 bridgehead atoms. The fourth-order valence-corrected chi connectivity index (χ4v) is 3.26. The van der Waals surface area contributed by atoms with Crippen LogP contribution in [0.3, 0.4) is 0 Å². The summed E-state index contributed by atoms with van der Waals surface area (Å²) in [7, 11) is -2.40. The minimum Gasteiger partial charge on any atom is -0.449 e. The normalized spacial score (nSPS) is 13.4. The molecular weight excluding hydrogens is 380 g/mol. The van der Waals surface area contributed by atoms with Gasteiger partial charge in [0.2, 0.25) is 10.0 Å². The smallest absolute Gasteiger partial charge is 0.338 e. The zero-order valence-electron chi connectivity index (χ0n) is 16.0. The van der Waals surface area contributed by atoms with Gasteiger partial charge in [-0.25, -0.2) is 17.9 Å². The minimum atomic E-state index is -3.68. The Labute approximate surface area is 165 Å². The van der Waals surface area contributed by atoms with Crippen LogP contribution < -0.4 is 10.0 Å². The highest BCUT2D eigenvalue weighted by molar-refractivity contribution is 7.89. The van der Waals surface area contributed by atoms with E-state index in [-0.39, 0.29) is 16.4 Å². The number of carbonyl (C=O) groups is 2.